The molecule has 0 spiro atoms. The predicted molar refractivity (Wildman–Crippen MR) is 45.5 cm³/mol. The van der Waals surface area contributed by atoms with E-state index in [0.717, 1.165) is 0 Å². The van der Waals surface area contributed by atoms with E-state index in [-0.39, 0.29) is 6.79 Å². The van der Waals surface area contributed by atoms with Crippen molar-refractivity contribution in [2.24, 2.45) is 0 Å². The van der Waals surface area contributed by atoms with E-state index in [4.69, 9.17) is 14.6 Å². The lowest BCUT2D eigenvalue weighted by atomic mass is 9.87. The van der Waals surface area contributed by atoms with Gasteiger partial charge in [0, 0.05) is 0 Å². The van der Waals surface area contributed by atoms with E-state index in [2.05, 4.69) is 0 Å². The maximum absolute atomic E-state index is 10.7. The smallest absolute Gasteiger partial charge is 0.336 e. The molecule has 1 aliphatic carbocycles. The van der Waals surface area contributed by atoms with Crippen LogP contribution in [0.4, 0.5) is 0 Å². The number of hydrogen-bond donors (Lipinski definition) is 2. The molecule has 5 heteroatoms. The maximum Gasteiger partial charge on any atom is 0.336 e. The maximum atomic E-state index is 10.7. The van der Waals surface area contributed by atoms with Gasteiger partial charge in [0.05, 0.1) is 0 Å². The molecular formula is C9H10O5. The zero-order valence-corrected chi connectivity index (χ0v) is 7.29. The predicted octanol–water partition coefficient (Wildman–Crippen LogP) is -0.330. The Morgan fingerprint density at radius 2 is 2.36 bits per heavy atom. The molecule has 0 amide bonds. The summed E-state index contributed by atoms with van der Waals surface area (Å²) >= 11 is 0. The molecule has 0 aromatic rings. The van der Waals surface area contributed by atoms with Gasteiger partial charge in [0.2, 0.25) is 0 Å². The van der Waals surface area contributed by atoms with E-state index in [0.29, 0.717) is 0 Å². The van der Waals surface area contributed by atoms with Gasteiger partial charge in [-0.3, -0.25) is 0 Å². The first-order valence-corrected chi connectivity index (χ1v) is 4.19. The van der Waals surface area contributed by atoms with Crippen molar-refractivity contribution >= 4 is 5.97 Å². The highest BCUT2D eigenvalue weighted by molar-refractivity contribution is 5.75. The Morgan fingerprint density at radius 3 is 3.07 bits per heavy atom. The van der Waals surface area contributed by atoms with Crippen LogP contribution in [0.1, 0.15) is 0 Å². The molecule has 1 saturated heterocycles. The van der Waals surface area contributed by atoms with E-state index in [1.165, 1.54) is 6.08 Å². The number of fused-ring (bicyclic) bond motifs is 1. The molecule has 3 unspecified atom stereocenters. The van der Waals surface area contributed by atoms with Gasteiger partial charge in [-0.2, -0.15) is 0 Å². The number of carboxylic acids is 1. The number of ether oxygens (including phenoxy) is 2. The topological polar surface area (TPSA) is 76.0 Å². The first kappa shape index (κ1) is 9.39. The SMILES string of the molecule is O=C(O)C(O)C12C=CC=CC1OCO2. The fourth-order valence-electron chi connectivity index (χ4n) is 1.66. The number of carbonyl (C=O) groups is 1. The quantitative estimate of drug-likeness (QED) is 0.635. The summed E-state index contributed by atoms with van der Waals surface area (Å²) in [7, 11) is 0. The first-order chi connectivity index (χ1) is 6.67. The molecule has 5 nitrogen and oxygen atoms in total. The van der Waals surface area contributed by atoms with Gasteiger partial charge in [-0.1, -0.05) is 18.2 Å². The van der Waals surface area contributed by atoms with Crippen LogP contribution in [0.25, 0.3) is 0 Å². The monoisotopic (exact) mass is 198 g/mol. The first-order valence-electron chi connectivity index (χ1n) is 4.19. The van der Waals surface area contributed by atoms with Crippen LogP contribution in [0.15, 0.2) is 24.3 Å². The molecule has 0 bridgehead atoms. The lowest BCUT2D eigenvalue weighted by Crippen LogP contribution is -2.52. The van der Waals surface area contributed by atoms with Crippen LogP contribution in [0.5, 0.6) is 0 Å². The van der Waals surface area contributed by atoms with Crippen LogP contribution >= 0.6 is 0 Å². The Balaban J connectivity index is 2.32. The fourth-order valence-corrected chi connectivity index (χ4v) is 1.66. The Morgan fingerprint density at radius 1 is 1.57 bits per heavy atom. The molecule has 76 valence electrons. The normalized spacial score (nSPS) is 36.8. The van der Waals surface area contributed by atoms with Crippen LogP contribution in [0, 0.1) is 0 Å². The van der Waals surface area contributed by atoms with Gasteiger partial charge < -0.3 is 19.7 Å². The molecule has 0 aromatic carbocycles. The summed E-state index contributed by atoms with van der Waals surface area (Å²) in [5.74, 6) is -1.32. The molecule has 0 aromatic heterocycles. The highest BCUT2D eigenvalue weighted by Gasteiger charge is 2.52. The zero-order valence-electron chi connectivity index (χ0n) is 7.29. The molecule has 0 saturated carbocycles. The van der Waals surface area contributed by atoms with Crippen molar-refractivity contribution in [3.63, 3.8) is 0 Å². The molecule has 1 heterocycles. The van der Waals surface area contributed by atoms with Crippen molar-refractivity contribution in [3.8, 4) is 0 Å². The number of rotatable bonds is 2. The Labute approximate surface area is 80.2 Å². The van der Waals surface area contributed by atoms with Crippen molar-refractivity contribution in [1.29, 1.82) is 0 Å². The third-order valence-electron chi connectivity index (χ3n) is 2.42. The van der Waals surface area contributed by atoms with E-state index < -0.39 is 23.8 Å². The number of carboxylic acid groups (broad SMARTS) is 1. The van der Waals surface area contributed by atoms with Crippen molar-refractivity contribution in [3.05, 3.63) is 24.3 Å². The molecule has 1 fully saturated rings. The second-order valence-corrected chi connectivity index (χ2v) is 3.19. The van der Waals surface area contributed by atoms with Gasteiger partial charge in [-0.25, -0.2) is 4.79 Å². The van der Waals surface area contributed by atoms with Crippen LogP contribution in [-0.4, -0.2) is 40.8 Å². The number of allylic oxidation sites excluding steroid dienone is 2. The van der Waals surface area contributed by atoms with Crippen LogP contribution in [-0.2, 0) is 14.3 Å². The summed E-state index contributed by atoms with van der Waals surface area (Å²) in [4.78, 5) is 10.7. The number of aliphatic hydroxyl groups excluding tert-OH is 1. The minimum absolute atomic E-state index is 0.0102. The number of hydrogen-bond acceptors (Lipinski definition) is 4. The molecule has 0 radical (unpaired) electrons. The lowest BCUT2D eigenvalue weighted by molar-refractivity contribution is -0.159. The minimum atomic E-state index is -1.61. The molecule has 2 rings (SSSR count). The minimum Gasteiger partial charge on any atom is -0.479 e. The van der Waals surface area contributed by atoms with E-state index >= 15 is 0 Å². The summed E-state index contributed by atoms with van der Waals surface area (Å²) in [5, 5.41) is 18.3. The largest absolute Gasteiger partial charge is 0.479 e. The lowest BCUT2D eigenvalue weighted by Gasteiger charge is -2.31. The highest BCUT2D eigenvalue weighted by Crippen LogP contribution is 2.34. The fraction of sp³-hybridized carbons (Fsp3) is 0.444. The van der Waals surface area contributed by atoms with Gasteiger partial charge in [-0.15, -0.1) is 0 Å². The summed E-state index contributed by atoms with van der Waals surface area (Å²) in [6.45, 7) is -0.0102. The number of aliphatic hydroxyl groups is 1. The van der Waals surface area contributed by atoms with Crippen LogP contribution in [0.3, 0.4) is 0 Å². The van der Waals surface area contributed by atoms with Crippen molar-refractivity contribution in [1.82, 2.24) is 0 Å². The number of aliphatic carboxylic acids is 1. The van der Waals surface area contributed by atoms with Crippen molar-refractivity contribution in [2.75, 3.05) is 6.79 Å². The Hall–Kier alpha value is -1.17. The summed E-state index contributed by atoms with van der Waals surface area (Å²) in [6.07, 6.45) is 4.40. The molecule has 1 aliphatic heterocycles. The van der Waals surface area contributed by atoms with E-state index in [1.54, 1.807) is 18.2 Å². The van der Waals surface area contributed by atoms with Gasteiger partial charge >= 0.3 is 5.97 Å². The van der Waals surface area contributed by atoms with Gasteiger partial charge in [0.15, 0.2) is 11.7 Å². The van der Waals surface area contributed by atoms with Gasteiger partial charge in [-0.05, 0) is 6.08 Å². The average molecular weight is 198 g/mol. The van der Waals surface area contributed by atoms with Crippen LogP contribution in [0.2, 0.25) is 0 Å². The summed E-state index contributed by atoms with van der Waals surface area (Å²) in [6, 6.07) is 0. The second kappa shape index (κ2) is 3.20. The standard InChI is InChI=1S/C9H10O5/c10-7(8(11)12)9-4-2-1-3-6(9)13-5-14-9/h1-4,6-7,10H,5H2,(H,11,12). The molecular weight excluding hydrogens is 188 g/mol. The second-order valence-electron chi connectivity index (χ2n) is 3.19. The molecule has 14 heavy (non-hydrogen) atoms. The van der Waals surface area contributed by atoms with Crippen molar-refractivity contribution in [2.45, 2.75) is 17.8 Å². The summed E-state index contributed by atoms with van der Waals surface area (Å²) < 4.78 is 10.3. The van der Waals surface area contributed by atoms with E-state index in [9.17, 15) is 9.90 Å². The summed E-state index contributed by atoms with van der Waals surface area (Å²) in [5.41, 5.74) is -1.26. The average Bonchev–Trinajstić information content (AvgIpc) is 2.60. The molecule has 2 aliphatic rings. The molecule has 3 atom stereocenters. The Kier molecular flexibility index (Phi) is 2.14. The van der Waals surface area contributed by atoms with Gasteiger partial charge in [0.25, 0.3) is 0 Å². The van der Waals surface area contributed by atoms with Gasteiger partial charge in [0.1, 0.15) is 12.9 Å². The molecule has 2 N–H and O–H groups in total. The van der Waals surface area contributed by atoms with E-state index in [1.807, 2.05) is 0 Å². The Bertz CT molecular complexity index is 308. The third-order valence-corrected chi connectivity index (χ3v) is 2.42. The van der Waals surface area contributed by atoms with Crippen LogP contribution < -0.4 is 0 Å². The highest BCUT2D eigenvalue weighted by atomic mass is 16.7. The van der Waals surface area contributed by atoms with Crippen molar-refractivity contribution < 1.29 is 24.5 Å². The zero-order chi connectivity index (χ0) is 10.2. The third kappa shape index (κ3) is 1.18.